The van der Waals surface area contributed by atoms with Crippen LogP contribution in [0.5, 0.6) is 23.0 Å². The van der Waals surface area contributed by atoms with E-state index in [4.69, 9.17) is 14.2 Å². The Morgan fingerprint density at radius 3 is 2.66 bits per heavy atom. The van der Waals surface area contributed by atoms with Crippen molar-refractivity contribution in [2.45, 2.75) is 108 Å². The molecule has 0 radical (unpaired) electrons. The summed E-state index contributed by atoms with van der Waals surface area (Å²) in [5.74, 6) is 6.16. The predicted octanol–water partition coefficient (Wildman–Crippen LogP) is 8.48. The first-order chi connectivity index (χ1) is 34.5. The van der Waals surface area contributed by atoms with Crippen LogP contribution in [-0.4, -0.2) is 90.5 Å². The lowest BCUT2D eigenvalue weighted by Gasteiger charge is -2.57. The summed E-state index contributed by atoms with van der Waals surface area (Å²) in [5.41, 5.74) is 8.27. The van der Waals surface area contributed by atoms with Crippen molar-refractivity contribution < 1.29 is 49.3 Å². The lowest BCUT2D eigenvalue weighted by Crippen LogP contribution is -2.51. The summed E-state index contributed by atoms with van der Waals surface area (Å²) in [6, 6.07) is 20.8. The lowest BCUT2D eigenvalue weighted by atomic mass is 9.47. The summed E-state index contributed by atoms with van der Waals surface area (Å²) in [6.07, 6.45) is 9.76. The third-order valence-corrected chi connectivity index (χ3v) is 17.0. The lowest BCUT2D eigenvalue weighted by molar-refractivity contribution is -0.155. The van der Waals surface area contributed by atoms with Gasteiger partial charge in [0, 0.05) is 61.1 Å². The van der Waals surface area contributed by atoms with Gasteiger partial charge in [0.05, 0.1) is 42.7 Å². The number of phenolic OH excluding ortho intramolecular Hbond substituents is 2. The minimum Gasteiger partial charge on any atom is -0.504 e. The molecule has 7 N–H and O–H groups in total. The van der Waals surface area contributed by atoms with Gasteiger partial charge in [-0.25, -0.2) is 0 Å². The number of nitrogens with one attached hydrogen (secondary N) is 2. The maximum atomic E-state index is 15.2. The fraction of sp³-hybridized carbons (Fsp3) is 0.448. The van der Waals surface area contributed by atoms with Gasteiger partial charge >= 0.3 is 5.97 Å². The third kappa shape index (κ3) is 8.89. The first-order valence-corrected chi connectivity index (χ1v) is 25.4. The van der Waals surface area contributed by atoms with E-state index in [9.17, 15) is 30.3 Å². The number of cyclic esters (lactones) is 1. The molecule has 13 heteroatoms. The van der Waals surface area contributed by atoms with E-state index in [0.29, 0.717) is 36.5 Å². The minimum absolute atomic E-state index is 0.00136. The molecule has 4 aliphatic carbocycles. The van der Waals surface area contributed by atoms with Crippen molar-refractivity contribution in [1.82, 2.24) is 14.5 Å². The molecule has 10 atom stereocenters. The van der Waals surface area contributed by atoms with Crippen LogP contribution in [0.4, 0.5) is 0 Å². The number of para-hydroxylation sites is 1. The SMILES string of the molecule is COc1cc2c(cc1O)C1=CC3CC4(CCC(Cn5ccc6[nH]ccc65)C4)C4CC(O)CCC4C3C2CC(=O)CC(C(O)Cc2ccc(O)c(OCCO)c2)OC(=O)CC#CCc2c1[nH]c1ccccc21. The molecule has 5 aliphatic rings. The highest BCUT2D eigenvalue weighted by Crippen LogP contribution is 2.66. The Morgan fingerprint density at radius 1 is 0.944 bits per heavy atom. The van der Waals surface area contributed by atoms with Gasteiger partial charge in [0.15, 0.2) is 23.0 Å². The van der Waals surface area contributed by atoms with Crippen molar-refractivity contribution in [3.8, 4) is 34.8 Å². The Kier molecular flexibility index (Phi) is 12.7. The number of aliphatic hydroxyl groups excluding tert-OH is 3. The summed E-state index contributed by atoms with van der Waals surface area (Å²) in [7, 11) is 1.54. The second kappa shape index (κ2) is 19.3. The maximum absolute atomic E-state index is 15.2. The highest BCUT2D eigenvalue weighted by Gasteiger charge is 2.58. The van der Waals surface area contributed by atoms with Crippen LogP contribution in [0.1, 0.15) is 98.1 Å². The van der Waals surface area contributed by atoms with Gasteiger partial charge in [-0.2, -0.15) is 0 Å². The van der Waals surface area contributed by atoms with Gasteiger partial charge in [-0.05, 0) is 151 Å². The molecule has 3 saturated carbocycles. The molecule has 4 heterocycles. The molecule has 0 saturated heterocycles. The van der Waals surface area contributed by atoms with Crippen LogP contribution in [0.15, 0.2) is 85.2 Å². The average Bonchev–Trinajstić information content (AvgIpc) is 4.15. The van der Waals surface area contributed by atoms with Gasteiger partial charge < -0.3 is 54.3 Å². The largest absolute Gasteiger partial charge is 0.504 e. The second-order valence-corrected chi connectivity index (χ2v) is 21.0. The van der Waals surface area contributed by atoms with Crippen LogP contribution in [0, 0.1) is 46.8 Å². The Hall–Kier alpha value is -6.46. The molecule has 0 amide bonds. The van der Waals surface area contributed by atoms with Gasteiger partial charge in [0.2, 0.25) is 0 Å². The van der Waals surface area contributed by atoms with E-state index < -0.39 is 24.3 Å². The number of aromatic hydroxyl groups is 2. The number of benzene rings is 3. The topological polar surface area (TPSA) is 199 Å². The van der Waals surface area contributed by atoms with E-state index in [-0.39, 0.29) is 96.9 Å². The molecular weight excluding hydrogens is 899 g/mol. The number of aromatic amines is 2. The number of hydrogen-bond acceptors (Lipinski definition) is 10. The van der Waals surface area contributed by atoms with Gasteiger partial charge in [-0.15, -0.1) is 0 Å². The van der Waals surface area contributed by atoms with Crippen molar-refractivity contribution in [2.24, 2.45) is 35.0 Å². The highest BCUT2D eigenvalue weighted by molar-refractivity contribution is 5.94. The maximum Gasteiger partial charge on any atom is 0.318 e. The number of H-pyrrole nitrogens is 2. The quantitative estimate of drug-likeness (QED) is 0.0545. The van der Waals surface area contributed by atoms with E-state index >= 15 is 4.79 Å². The highest BCUT2D eigenvalue weighted by atomic mass is 16.6. The molecule has 3 aromatic heterocycles. The molecule has 71 heavy (non-hydrogen) atoms. The number of allylic oxidation sites excluding steroid dienone is 1. The zero-order valence-corrected chi connectivity index (χ0v) is 40.1. The summed E-state index contributed by atoms with van der Waals surface area (Å²) < 4.78 is 19.8. The Bertz CT molecular complexity index is 3080. The van der Waals surface area contributed by atoms with E-state index in [1.165, 1.54) is 18.7 Å². The first kappa shape index (κ1) is 46.9. The fourth-order valence-corrected chi connectivity index (χ4v) is 14.1. The van der Waals surface area contributed by atoms with Gasteiger partial charge in [0.1, 0.15) is 24.9 Å². The predicted molar refractivity (Wildman–Crippen MR) is 268 cm³/mol. The number of carbonyl (C=O) groups is 2. The standard InChI is InChI=1S/C58H63N3O10/c1-69-52-29-42-41(28-51(52)67)44-24-35-31-58(17-14-34(30-58)32-61-19-16-47-48(61)15-18-59-47)45-26-36(63)11-12-40(45)56(35)43(42)25-37(64)27-54(50(66)22-33-10-13-49(65)53(23-33)70-21-20-62)71-55(68)9-5-3-7-39-38-6-2-4-8-46(38)60-57(39)44/h2,4,6,8,10,13,15-16,18-19,23-24,28-29,34-36,40,43,45,50,54,56,59-60,62-63,65-67H,7,9,11-12,14,17,20-22,25-27,30-32H2,1H3. The number of aliphatic hydroxyl groups is 3. The molecule has 1 spiro atoms. The number of aromatic nitrogens is 3. The monoisotopic (exact) mass is 961 g/mol. The minimum atomic E-state index is -1.31. The molecule has 3 aromatic carbocycles. The van der Waals surface area contributed by atoms with Crippen LogP contribution < -0.4 is 9.47 Å². The smallest absolute Gasteiger partial charge is 0.318 e. The molecular formula is C58H63N3O10. The molecule has 10 unspecified atom stereocenters. The first-order valence-electron chi connectivity index (χ1n) is 25.4. The molecule has 2 bridgehead atoms. The van der Waals surface area contributed by atoms with Crippen molar-refractivity contribution in [2.75, 3.05) is 20.3 Å². The van der Waals surface area contributed by atoms with Crippen LogP contribution in [0.2, 0.25) is 0 Å². The molecule has 13 nitrogen and oxygen atoms in total. The van der Waals surface area contributed by atoms with Gasteiger partial charge in [-0.3, -0.25) is 9.59 Å². The van der Waals surface area contributed by atoms with Crippen LogP contribution in [0.3, 0.4) is 0 Å². The summed E-state index contributed by atoms with van der Waals surface area (Å²) in [4.78, 5) is 36.0. The number of rotatable bonds is 9. The van der Waals surface area contributed by atoms with Crippen molar-refractivity contribution >= 4 is 39.3 Å². The fourth-order valence-electron chi connectivity index (χ4n) is 14.1. The van der Waals surface area contributed by atoms with Gasteiger partial charge in [0.25, 0.3) is 0 Å². The van der Waals surface area contributed by atoms with Crippen LogP contribution in [-0.2, 0) is 33.7 Å². The molecule has 11 rings (SSSR count). The number of Topliss-reactive ketones (excluding diaryl/α,β-unsaturated/α-hetero) is 1. The summed E-state index contributed by atoms with van der Waals surface area (Å²) >= 11 is 0. The number of methoxy groups -OCH3 is 1. The van der Waals surface area contributed by atoms with Crippen LogP contribution in [0.25, 0.3) is 27.5 Å². The second-order valence-electron chi connectivity index (χ2n) is 21.0. The molecule has 370 valence electrons. The van der Waals surface area contributed by atoms with Crippen molar-refractivity contribution in [3.63, 3.8) is 0 Å². The Balaban J connectivity index is 1.04. The summed E-state index contributed by atoms with van der Waals surface area (Å²) in [5, 5.41) is 56.0. The number of nitrogens with zero attached hydrogens (tertiary/aromatic N) is 1. The van der Waals surface area contributed by atoms with Crippen molar-refractivity contribution in [3.05, 3.63) is 113 Å². The van der Waals surface area contributed by atoms with E-state index in [2.05, 4.69) is 56.8 Å². The third-order valence-electron chi connectivity index (χ3n) is 17.0. The average molecular weight is 962 g/mol. The van der Waals surface area contributed by atoms with E-state index in [0.717, 1.165) is 83.0 Å². The number of ether oxygens (including phenoxy) is 3. The number of hydrogen-bond donors (Lipinski definition) is 7. The number of carbonyl (C=O) groups excluding carboxylic acids is 2. The normalized spacial score (nSPS) is 28.0. The Labute approximate surface area is 412 Å². The van der Waals surface area contributed by atoms with Crippen LogP contribution >= 0.6 is 0 Å². The molecule has 3 fully saturated rings. The molecule has 6 aromatic rings. The van der Waals surface area contributed by atoms with Crippen molar-refractivity contribution in [1.29, 1.82) is 0 Å². The van der Waals surface area contributed by atoms with Gasteiger partial charge in [-0.1, -0.05) is 42.2 Å². The number of fused-ring (bicyclic) bond motifs is 10. The number of ketones is 1. The molecule has 1 aliphatic heterocycles. The zero-order chi connectivity index (χ0) is 49.0. The summed E-state index contributed by atoms with van der Waals surface area (Å²) in [6.45, 7) is 0.623. The van der Waals surface area contributed by atoms with E-state index in [1.807, 2.05) is 30.5 Å². The number of phenols is 2. The zero-order valence-electron chi connectivity index (χ0n) is 40.1. The van der Waals surface area contributed by atoms with E-state index in [1.54, 1.807) is 18.2 Å². The number of esters is 1. The Morgan fingerprint density at radius 2 is 1.80 bits per heavy atom.